The molecular formula is C18H19NO4. The van der Waals surface area contributed by atoms with Gasteiger partial charge in [0.25, 0.3) is 0 Å². The Hall–Kier alpha value is -2.40. The van der Waals surface area contributed by atoms with Crippen LogP contribution in [0.4, 0.5) is 0 Å². The van der Waals surface area contributed by atoms with Gasteiger partial charge in [-0.25, -0.2) is 9.78 Å². The molecule has 0 saturated carbocycles. The van der Waals surface area contributed by atoms with Crippen LogP contribution in [0, 0.1) is 12.8 Å². The molecule has 1 aliphatic rings. The quantitative estimate of drug-likeness (QED) is 0.918. The fraction of sp³-hybridized carbons (Fsp3) is 0.333. The zero-order valence-corrected chi connectivity index (χ0v) is 13.0. The molecular weight excluding hydrogens is 294 g/mol. The first-order valence-corrected chi connectivity index (χ1v) is 7.66. The van der Waals surface area contributed by atoms with Gasteiger partial charge in [-0.05, 0) is 37.1 Å². The Bertz CT molecular complexity index is 708. The van der Waals surface area contributed by atoms with E-state index in [-0.39, 0.29) is 5.69 Å². The second kappa shape index (κ2) is 6.79. The highest BCUT2D eigenvalue weighted by atomic mass is 16.5. The Kier molecular flexibility index (Phi) is 4.57. The number of aryl methyl sites for hydroxylation is 1. The Morgan fingerprint density at radius 2 is 2.17 bits per heavy atom. The van der Waals surface area contributed by atoms with E-state index >= 15 is 0 Å². The largest absolute Gasteiger partial charge is 0.493 e. The SMILES string of the molecule is Cc1ccc(C(=O)O)nc1-c1ccccc1OCC1CCOC1. The van der Waals surface area contributed by atoms with Crippen molar-refractivity contribution < 1.29 is 19.4 Å². The smallest absolute Gasteiger partial charge is 0.354 e. The maximum absolute atomic E-state index is 11.2. The lowest BCUT2D eigenvalue weighted by molar-refractivity contribution is 0.0690. The first-order valence-electron chi connectivity index (χ1n) is 7.66. The summed E-state index contributed by atoms with van der Waals surface area (Å²) in [7, 11) is 0. The highest BCUT2D eigenvalue weighted by molar-refractivity contribution is 5.86. The number of nitrogens with zero attached hydrogens (tertiary/aromatic N) is 1. The van der Waals surface area contributed by atoms with E-state index in [0.29, 0.717) is 18.2 Å². The summed E-state index contributed by atoms with van der Waals surface area (Å²) in [6.07, 6.45) is 1.01. The van der Waals surface area contributed by atoms with Crippen molar-refractivity contribution in [2.75, 3.05) is 19.8 Å². The lowest BCUT2D eigenvalue weighted by Crippen LogP contribution is -2.12. The highest BCUT2D eigenvalue weighted by Gasteiger charge is 2.18. The standard InChI is InChI=1S/C18H19NO4/c1-12-6-7-15(18(20)21)19-17(12)14-4-2-3-5-16(14)23-11-13-8-9-22-10-13/h2-7,13H,8-11H2,1H3,(H,20,21). The Morgan fingerprint density at radius 3 is 2.91 bits per heavy atom. The molecule has 0 spiro atoms. The Balaban J connectivity index is 1.90. The number of rotatable bonds is 5. The molecule has 1 N–H and O–H groups in total. The molecule has 1 aromatic carbocycles. The first-order chi connectivity index (χ1) is 11.1. The van der Waals surface area contributed by atoms with Crippen molar-refractivity contribution in [2.24, 2.45) is 5.92 Å². The number of benzene rings is 1. The zero-order chi connectivity index (χ0) is 16.2. The molecule has 1 atom stereocenters. The summed E-state index contributed by atoms with van der Waals surface area (Å²) in [6, 6.07) is 10.9. The number of para-hydroxylation sites is 1. The third-order valence-electron chi connectivity index (χ3n) is 3.96. The van der Waals surface area contributed by atoms with Crippen LogP contribution in [0.2, 0.25) is 0 Å². The fourth-order valence-electron chi connectivity index (χ4n) is 2.63. The minimum atomic E-state index is -1.03. The van der Waals surface area contributed by atoms with Gasteiger partial charge in [0.2, 0.25) is 0 Å². The normalized spacial score (nSPS) is 17.2. The van der Waals surface area contributed by atoms with Gasteiger partial charge in [0.15, 0.2) is 0 Å². The summed E-state index contributed by atoms with van der Waals surface area (Å²) in [4.78, 5) is 15.5. The summed E-state index contributed by atoms with van der Waals surface area (Å²) < 4.78 is 11.3. The number of carboxylic acid groups (broad SMARTS) is 1. The average molecular weight is 313 g/mol. The number of ether oxygens (including phenoxy) is 2. The van der Waals surface area contributed by atoms with Crippen molar-refractivity contribution in [1.29, 1.82) is 0 Å². The molecule has 120 valence electrons. The molecule has 0 aliphatic carbocycles. The van der Waals surface area contributed by atoms with E-state index < -0.39 is 5.97 Å². The van der Waals surface area contributed by atoms with Gasteiger partial charge < -0.3 is 14.6 Å². The predicted molar refractivity (Wildman–Crippen MR) is 85.8 cm³/mol. The average Bonchev–Trinajstić information content (AvgIpc) is 3.07. The highest BCUT2D eigenvalue weighted by Crippen LogP contribution is 2.31. The van der Waals surface area contributed by atoms with Crippen LogP contribution in [0.15, 0.2) is 36.4 Å². The summed E-state index contributed by atoms with van der Waals surface area (Å²) >= 11 is 0. The molecule has 1 saturated heterocycles. The van der Waals surface area contributed by atoms with Crippen LogP contribution in [0.1, 0.15) is 22.5 Å². The van der Waals surface area contributed by atoms with Gasteiger partial charge >= 0.3 is 5.97 Å². The van der Waals surface area contributed by atoms with Gasteiger partial charge in [0.05, 0.1) is 18.9 Å². The molecule has 1 unspecified atom stereocenters. The fourth-order valence-corrected chi connectivity index (χ4v) is 2.63. The van der Waals surface area contributed by atoms with Crippen LogP contribution in [0.3, 0.4) is 0 Å². The number of aromatic carboxylic acids is 1. The maximum atomic E-state index is 11.2. The van der Waals surface area contributed by atoms with Crippen molar-refractivity contribution in [3.05, 3.63) is 47.7 Å². The van der Waals surface area contributed by atoms with Crippen molar-refractivity contribution >= 4 is 5.97 Å². The molecule has 0 radical (unpaired) electrons. The predicted octanol–water partition coefficient (Wildman–Crippen LogP) is 3.17. The maximum Gasteiger partial charge on any atom is 0.354 e. The lowest BCUT2D eigenvalue weighted by atomic mass is 10.0. The molecule has 23 heavy (non-hydrogen) atoms. The van der Waals surface area contributed by atoms with E-state index in [1.54, 1.807) is 6.07 Å². The second-order valence-electron chi connectivity index (χ2n) is 5.70. The van der Waals surface area contributed by atoms with Crippen molar-refractivity contribution in [1.82, 2.24) is 4.98 Å². The van der Waals surface area contributed by atoms with Crippen LogP contribution in [0.25, 0.3) is 11.3 Å². The third kappa shape index (κ3) is 3.51. The van der Waals surface area contributed by atoms with Gasteiger partial charge in [-0.3, -0.25) is 0 Å². The Morgan fingerprint density at radius 1 is 1.35 bits per heavy atom. The van der Waals surface area contributed by atoms with Crippen LogP contribution in [-0.2, 0) is 4.74 Å². The van der Waals surface area contributed by atoms with E-state index in [2.05, 4.69) is 4.98 Å². The summed E-state index contributed by atoms with van der Waals surface area (Å²) in [5.41, 5.74) is 2.40. The summed E-state index contributed by atoms with van der Waals surface area (Å²) in [5, 5.41) is 9.16. The van der Waals surface area contributed by atoms with Gasteiger partial charge in [-0.2, -0.15) is 0 Å². The molecule has 1 aliphatic heterocycles. The molecule has 1 fully saturated rings. The Labute approximate surface area is 134 Å². The molecule has 3 rings (SSSR count). The van der Waals surface area contributed by atoms with Crippen molar-refractivity contribution in [2.45, 2.75) is 13.3 Å². The molecule has 1 aromatic heterocycles. The molecule has 5 nitrogen and oxygen atoms in total. The summed E-state index contributed by atoms with van der Waals surface area (Å²) in [5.74, 6) is 0.0905. The zero-order valence-electron chi connectivity index (χ0n) is 13.0. The van der Waals surface area contributed by atoms with Gasteiger partial charge in [0, 0.05) is 18.1 Å². The number of hydrogen-bond donors (Lipinski definition) is 1. The number of carboxylic acids is 1. The molecule has 2 aromatic rings. The van der Waals surface area contributed by atoms with Gasteiger partial charge in [0.1, 0.15) is 11.4 Å². The van der Waals surface area contributed by atoms with Gasteiger partial charge in [-0.1, -0.05) is 18.2 Å². The number of aromatic nitrogens is 1. The minimum absolute atomic E-state index is 0.0320. The monoisotopic (exact) mass is 313 g/mol. The van der Waals surface area contributed by atoms with E-state index in [0.717, 1.165) is 36.5 Å². The van der Waals surface area contributed by atoms with Crippen molar-refractivity contribution in [3.8, 4) is 17.0 Å². The van der Waals surface area contributed by atoms with E-state index in [4.69, 9.17) is 14.6 Å². The summed E-state index contributed by atoms with van der Waals surface area (Å²) in [6.45, 7) is 4.02. The molecule has 2 heterocycles. The lowest BCUT2D eigenvalue weighted by Gasteiger charge is -2.15. The number of hydrogen-bond acceptors (Lipinski definition) is 4. The van der Waals surface area contributed by atoms with E-state index in [1.807, 2.05) is 31.2 Å². The minimum Gasteiger partial charge on any atom is -0.493 e. The van der Waals surface area contributed by atoms with Gasteiger partial charge in [-0.15, -0.1) is 0 Å². The number of carbonyl (C=O) groups is 1. The van der Waals surface area contributed by atoms with Crippen LogP contribution >= 0.6 is 0 Å². The topological polar surface area (TPSA) is 68.7 Å². The van der Waals surface area contributed by atoms with E-state index in [9.17, 15) is 4.79 Å². The van der Waals surface area contributed by atoms with Crippen molar-refractivity contribution in [3.63, 3.8) is 0 Å². The van der Waals surface area contributed by atoms with Crippen LogP contribution in [-0.4, -0.2) is 35.9 Å². The van der Waals surface area contributed by atoms with E-state index in [1.165, 1.54) is 6.07 Å². The second-order valence-corrected chi connectivity index (χ2v) is 5.70. The third-order valence-corrected chi connectivity index (χ3v) is 3.96. The molecule has 0 bridgehead atoms. The molecule has 0 amide bonds. The van der Waals surface area contributed by atoms with Crippen LogP contribution < -0.4 is 4.74 Å². The number of pyridine rings is 1. The molecule has 5 heteroatoms. The first kappa shape index (κ1) is 15.5. The van der Waals surface area contributed by atoms with Crippen LogP contribution in [0.5, 0.6) is 5.75 Å².